The lowest BCUT2D eigenvalue weighted by Crippen LogP contribution is -2.39. The highest BCUT2D eigenvalue weighted by Crippen LogP contribution is 2.23. The van der Waals surface area contributed by atoms with Gasteiger partial charge in [0.1, 0.15) is 0 Å². The number of esters is 1. The molecule has 1 aliphatic heterocycles. The van der Waals surface area contributed by atoms with Gasteiger partial charge in [0.2, 0.25) is 10.0 Å². The molecular weight excluding hydrogens is 374 g/mol. The second-order valence-corrected chi connectivity index (χ2v) is 8.25. The number of amides is 3. The summed E-state index contributed by atoms with van der Waals surface area (Å²) in [6, 6.07) is 4.64. The Hall–Kier alpha value is -2.46. The maximum absolute atomic E-state index is 12.6. The van der Waals surface area contributed by atoms with Crippen molar-refractivity contribution >= 4 is 27.9 Å². The van der Waals surface area contributed by atoms with Gasteiger partial charge in [0.15, 0.2) is 6.61 Å². The average molecular weight is 397 g/mol. The lowest BCUT2D eigenvalue weighted by molar-refractivity contribution is -0.123. The molecule has 10 heteroatoms. The fourth-order valence-electron chi connectivity index (χ4n) is 2.58. The van der Waals surface area contributed by atoms with E-state index in [1.54, 1.807) is 0 Å². The minimum Gasteiger partial charge on any atom is -0.452 e. The molecule has 0 bridgehead atoms. The van der Waals surface area contributed by atoms with E-state index in [0.717, 1.165) is 12.8 Å². The minimum absolute atomic E-state index is 0.103. The number of hydrogen-bond acceptors (Lipinski definition) is 6. The summed E-state index contributed by atoms with van der Waals surface area (Å²) >= 11 is 0. The number of imide groups is 1. The topological polar surface area (TPSA) is 122 Å². The molecule has 0 aliphatic carbocycles. The Bertz CT molecular complexity index is 798. The molecule has 0 aromatic heterocycles. The highest BCUT2D eigenvalue weighted by molar-refractivity contribution is 7.89. The van der Waals surface area contributed by atoms with E-state index < -0.39 is 34.5 Å². The lowest BCUT2D eigenvalue weighted by atomic mass is 10.0. The molecule has 9 nitrogen and oxygen atoms in total. The summed E-state index contributed by atoms with van der Waals surface area (Å²) in [7, 11) is -2.26. The molecule has 1 saturated heterocycles. The van der Waals surface area contributed by atoms with Crippen LogP contribution in [0.25, 0.3) is 0 Å². The van der Waals surface area contributed by atoms with Gasteiger partial charge >= 0.3 is 12.0 Å². The number of carbonyl (C=O) groups excluding carboxylic acids is 3. The van der Waals surface area contributed by atoms with Gasteiger partial charge in [-0.1, -0.05) is 6.92 Å². The summed E-state index contributed by atoms with van der Waals surface area (Å²) < 4.78 is 31.5. The lowest BCUT2D eigenvalue weighted by Gasteiger charge is -2.29. The second-order valence-electron chi connectivity index (χ2n) is 6.31. The normalized spacial score (nSPS) is 15.8. The molecular formula is C17H23N3O6S. The van der Waals surface area contributed by atoms with E-state index in [2.05, 4.69) is 12.2 Å². The smallest absolute Gasteiger partial charge is 0.338 e. The quantitative estimate of drug-likeness (QED) is 0.706. The van der Waals surface area contributed by atoms with Gasteiger partial charge in [0.25, 0.3) is 5.91 Å². The second kappa shape index (κ2) is 8.96. The van der Waals surface area contributed by atoms with E-state index in [4.69, 9.17) is 4.74 Å². The Labute approximate surface area is 158 Å². The molecule has 0 atom stereocenters. The summed E-state index contributed by atoms with van der Waals surface area (Å²) in [5, 5.41) is 4.15. The molecule has 0 radical (unpaired) electrons. The summed E-state index contributed by atoms with van der Waals surface area (Å²) in [6.07, 6.45) is 1.64. The molecule has 2 N–H and O–H groups in total. The van der Waals surface area contributed by atoms with Gasteiger partial charge in [0.05, 0.1) is 10.5 Å². The zero-order chi connectivity index (χ0) is 20.0. The molecule has 27 heavy (non-hydrogen) atoms. The van der Waals surface area contributed by atoms with Crippen molar-refractivity contribution in [1.29, 1.82) is 0 Å². The first-order valence-corrected chi connectivity index (χ1v) is 9.97. The molecule has 1 aromatic carbocycles. The molecule has 0 saturated carbocycles. The van der Waals surface area contributed by atoms with Crippen molar-refractivity contribution in [3.05, 3.63) is 29.8 Å². The third-order valence-electron chi connectivity index (χ3n) is 4.28. The largest absolute Gasteiger partial charge is 0.452 e. The van der Waals surface area contributed by atoms with Gasteiger partial charge < -0.3 is 10.1 Å². The van der Waals surface area contributed by atoms with E-state index in [1.807, 2.05) is 5.32 Å². The Balaban J connectivity index is 1.97. The van der Waals surface area contributed by atoms with Crippen LogP contribution in [0.3, 0.4) is 0 Å². The van der Waals surface area contributed by atoms with Crippen LogP contribution in [0.1, 0.15) is 30.1 Å². The summed E-state index contributed by atoms with van der Waals surface area (Å²) in [4.78, 5) is 34.4. The van der Waals surface area contributed by atoms with Crippen molar-refractivity contribution in [2.75, 3.05) is 26.7 Å². The average Bonchev–Trinajstić information content (AvgIpc) is 2.66. The van der Waals surface area contributed by atoms with Crippen LogP contribution in [-0.4, -0.2) is 57.4 Å². The summed E-state index contributed by atoms with van der Waals surface area (Å²) in [6.45, 7) is 2.43. The molecule has 1 aromatic rings. The van der Waals surface area contributed by atoms with Crippen LogP contribution < -0.4 is 10.6 Å². The Morgan fingerprint density at radius 2 is 1.74 bits per heavy atom. The third-order valence-corrected chi connectivity index (χ3v) is 6.20. The van der Waals surface area contributed by atoms with Crippen LogP contribution in [0.2, 0.25) is 0 Å². The van der Waals surface area contributed by atoms with Crippen molar-refractivity contribution in [1.82, 2.24) is 14.9 Å². The number of benzene rings is 1. The monoisotopic (exact) mass is 397 g/mol. The number of nitrogens with zero attached hydrogens (tertiary/aromatic N) is 1. The standard InChI is InChI=1S/C17H23N3O6S/c1-12-7-9-20(10-8-12)27(24,25)14-5-3-13(4-6-14)16(22)26-11-15(21)19-17(23)18-2/h3-6,12H,7-11H2,1-2H3,(H2,18,19,21,23). The zero-order valence-electron chi connectivity index (χ0n) is 15.2. The highest BCUT2D eigenvalue weighted by Gasteiger charge is 2.28. The van der Waals surface area contributed by atoms with Crippen LogP contribution >= 0.6 is 0 Å². The Morgan fingerprint density at radius 1 is 1.15 bits per heavy atom. The van der Waals surface area contributed by atoms with Crippen LogP contribution in [0, 0.1) is 5.92 Å². The van der Waals surface area contributed by atoms with Gasteiger partial charge in [-0.3, -0.25) is 10.1 Å². The van der Waals surface area contributed by atoms with Crippen LogP contribution in [0.5, 0.6) is 0 Å². The van der Waals surface area contributed by atoms with Gasteiger partial charge in [-0.2, -0.15) is 4.31 Å². The number of hydrogen-bond donors (Lipinski definition) is 2. The number of ether oxygens (including phenoxy) is 1. The Kier molecular flexibility index (Phi) is 6.92. The predicted molar refractivity (Wildman–Crippen MR) is 96.5 cm³/mol. The third kappa shape index (κ3) is 5.51. The van der Waals surface area contributed by atoms with Crippen molar-refractivity contribution < 1.29 is 27.5 Å². The van der Waals surface area contributed by atoms with E-state index >= 15 is 0 Å². The molecule has 1 aliphatic rings. The predicted octanol–water partition coefficient (Wildman–Crippen LogP) is 0.720. The molecule has 148 valence electrons. The molecule has 1 fully saturated rings. The van der Waals surface area contributed by atoms with Crippen molar-refractivity contribution in [3.63, 3.8) is 0 Å². The van der Waals surface area contributed by atoms with Crippen molar-refractivity contribution in [3.8, 4) is 0 Å². The number of rotatable bonds is 5. The van der Waals surface area contributed by atoms with Crippen molar-refractivity contribution in [2.24, 2.45) is 5.92 Å². The van der Waals surface area contributed by atoms with E-state index in [1.165, 1.54) is 35.6 Å². The van der Waals surface area contributed by atoms with E-state index in [-0.39, 0.29) is 10.5 Å². The number of carbonyl (C=O) groups is 3. The molecule has 2 rings (SSSR count). The van der Waals surface area contributed by atoms with E-state index in [0.29, 0.717) is 19.0 Å². The minimum atomic E-state index is -3.60. The SMILES string of the molecule is CNC(=O)NC(=O)COC(=O)c1ccc(S(=O)(=O)N2CCC(C)CC2)cc1. The summed E-state index contributed by atoms with van der Waals surface area (Å²) in [5.41, 5.74) is 0.106. The van der Waals surface area contributed by atoms with Crippen LogP contribution in [-0.2, 0) is 19.6 Å². The molecule has 0 spiro atoms. The van der Waals surface area contributed by atoms with Gasteiger partial charge in [-0.25, -0.2) is 18.0 Å². The highest BCUT2D eigenvalue weighted by atomic mass is 32.2. The van der Waals surface area contributed by atoms with Crippen molar-refractivity contribution in [2.45, 2.75) is 24.7 Å². The Morgan fingerprint density at radius 3 is 2.30 bits per heavy atom. The van der Waals surface area contributed by atoms with Crippen LogP contribution in [0.15, 0.2) is 29.2 Å². The fourth-order valence-corrected chi connectivity index (χ4v) is 4.05. The van der Waals surface area contributed by atoms with Gasteiger partial charge in [0, 0.05) is 20.1 Å². The van der Waals surface area contributed by atoms with E-state index in [9.17, 15) is 22.8 Å². The van der Waals surface area contributed by atoms with Gasteiger partial charge in [-0.05, 0) is 43.0 Å². The first-order chi connectivity index (χ1) is 12.7. The summed E-state index contributed by atoms with van der Waals surface area (Å²) in [5.74, 6) is -1.06. The maximum Gasteiger partial charge on any atom is 0.338 e. The maximum atomic E-state index is 12.6. The first kappa shape index (κ1) is 20.8. The number of urea groups is 1. The molecule has 1 heterocycles. The number of nitrogens with one attached hydrogen (secondary N) is 2. The first-order valence-electron chi connectivity index (χ1n) is 8.53. The number of piperidine rings is 1. The fraction of sp³-hybridized carbons (Fsp3) is 0.471. The van der Waals surface area contributed by atoms with Gasteiger partial charge in [-0.15, -0.1) is 0 Å². The molecule has 0 unspecified atom stereocenters. The molecule has 3 amide bonds. The van der Waals surface area contributed by atoms with Crippen LogP contribution in [0.4, 0.5) is 4.79 Å². The number of sulfonamides is 1. The zero-order valence-corrected chi connectivity index (χ0v) is 16.0.